The van der Waals surface area contributed by atoms with E-state index in [0.29, 0.717) is 16.5 Å². The van der Waals surface area contributed by atoms with Gasteiger partial charge in [-0.05, 0) is 36.4 Å². The molecule has 0 atom stereocenters. The zero-order chi connectivity index (χ0) is 22.6. The number of nitro groups is 1. The minimum atomic E-state index is -4.09. The Morgan fingerprint density at radius 1 is 0.903 bits per heavy atom. The van der Waals surface area contributed by atoms with Crippen molar-refractivity contribution in [3.8, 4) is 23.0 Å². The SMILES string of the molecule is COc1ccc(S(=O)(=O)Nc2cc(Oc3ccc(Cl)cc3)cc([N+](=O)[O-])c2)cc1OC. The summed E-state index contributed by atoms with van der Waals surface area (Å²) in [5.74, 6) is 1.02. The smallest absolute Gasteiger partial charge is 0.275 e. The lowest BCUT2D eigenvalue weighted by molar-refractivity contribution is -0.384. The molecule has 0 aliphatic rings. The molecule has 0 aromatic heterocycles. The number of rotatable bonds is 8. The summed E-state index contributed by atoms with van der Waals surface area (Å²) in [6, 6.07) is 14.0. The number of anilines is 1. The van der Waals surface area contributed by atoms with E-state index in [1.165, 1.54) is 44.6 Å². The van der Waals surface area contributed by atoms with E-state index in [1.807, 2.05) is 0 Å². The Morgan fingerprint density at radius 3 is 2.19 bits per heavy atom. The molecule has 0 bridgehead atoms. The highest BCUT2D eigenvalue weighted by atomic mass is 35.5. The molecule has 0 saturated carbocycles. The van der Waals surface area contributed by atoms with Crippen LogP contribution in [-0.2, 0) is 10.0 Å². The van der Waals surface area contributed by atoms with Crippen LogP contribution in [-0.4, -0.2) is 27.6 Å². The van der Waals surface area contributed by atoms with Gasteiger partial charge in [-0.3, -0.25) is 14.8 Å². The molecule has 0 radical (unpaired) electrons. The largest absolute Gasteiger partial charge is 0.493 e. The zero-order valence-electron chi connectivity index (χ0n) is 16.4. The quantitative estimate of drug-likeness (QED) is 0.373. The van der Waals surface area contributed by atoms with Crippen LogP contribution in [0.25, 0.3) is 0 Å². The molecule has 1 N–H and O–H groups in total. The van der Waals surface area contributed by atoms with Gasteiger partial charge in [-0.25, -0.2) is 8.42 Å². The number of halogens is 1. The van der Waals surface area contributed by atoms with Gasteiger partial charge in [0.2, 0.25) is 0 Å². The van der Waals surface area contributed by atoms with E-state index in [0.717, 1.165) is 6.07 Å². The minimum absolute atomic E-state index is 0.0482. The normalized spacial score (nSPS) is 10.9. The van der Waals surface area contributed by atoms with E-state index >= 15 is 0 Å². The van der Waals surface area contributed by atoms with Crippen molar-refractivity contribution in [2.75, 3.05) is 18.9 Å². The minimum Gasteiger partial charge on any atom is -0.493 e. The number of nitro benzene ring substituents is 1. The van der Waals surface area contributed by atoms with Gasteiger partial charge in [0.05, 0.1) is 35.8 Å². The number of benzene rings is 3. The molecule has 3 aromatic carbocycles. The van der Waals surface area contributed by atoms with Gasteiger partial charge in [0.25, 0.3) is 15.7 Å². The number of nitrogens with zero attached hydrogens (tertiary/aromatic N) is 1. The Kier molecular flexibility index (Phi) is 6.52. The summed E-state index contributed by atoms with van der Waals surface area (Å²) in [6.07, 6.45) is 0. The number of non-ortho nitro benzene ring substituents is 1. The summed E-state index contributed by atoms with van der Waals surface area (Å²) < 4.78 is 43.8. The van der Waals surface area contributed by atoms with E-state index in [4.69, 9.17) is 25.8 Å². The fraction of sp³-hybridized carbons (Fsp3) is 0.100. The molecule has 0 heterocycles. The van der Waals surface area contributed by atoms with Crippen LogP contribution in [0.15, 0.2) is 65.6 Å². The van der Waals surface area contributed by atoms with E-state index in [-0.39, 0.29) is 27.8 Å². The second-order valence-corrected chi connectivity index (χ2v) is 8.27. The van der Waals surface area contributed by atoms with Crippen molar-refractivity contribution in [2.45, 2.75) is 4.90 Å². The van der Waals surface area contributed by atoms with Crippen molar-refractivity contribution in [2.24, 2.45) is 0 Å². The number of methoxy groups -OCH3 is 2. The molecule has 0 saturated heterocycles. The fourth-order valence-electron chi connectivity index (χ4n) is 2.64. The van der Waals surface area contributed by atoms with Crippen molar-refractivity contribution in [1.82, 2.24) is 0 Å². The van der Waals surface area contributed by atoms with Crippen LogP contribution < -0.4 is 18.9 Å². The Morgan fingerprint density at radius 2 is 1.58 bits per heavy atom. The average molecular weight is 465 g/mol. The summed E-state index contributed by atoms with van der Waals surface area (Å²) in [5.41, 5.74) is -0.399. The lowest BCUT2D eigenvalue weighted by atomic mass is 10.2. The van der Waals surface area contributed by atoms with Crippen LogP contribution in [0.3, 0.4) is 0 Å². The molecule has 162 valence electrons. The first-order valence-corrected chi connectivity index (χ1v) is 10.6. The van der Waals surface area contributed by atoms with Crippen LogP contribution in [0.5, 0.6) is 23.0 Å². The molecule has 0 fully saturated rings. The third kappa shape index (κ3) is 5.36. The van der Waals surface area contributed by atoms with Gasteiger partial charge in [0.15, 0.2) is 11.5 Å². The molecule has 31 heavy (non-hydrogen) atoms. The highest BCUT2D eigenvalue weighted by Crippen LogP contribution is 2.33. The van der Waals surface area contributed by atoms with Gasteiger partial charge in [-0.15, -0.1) is 0 Å². The highest BCUT2D eigenvalue weighted by molar-refractivity contribution is 7.92. The molecule has 11 heteroatoms. The summed E-state index contributed by atoms with van der Waals surface area (Å²) in [7, 11) is -1.29. The van der Waals surface area contributed by atoms with Crippen molar-refractivity contribution in [1.29, 1.82) is 0 Å². The maximum Gasteiger partial charge on any atom is 0.275 e. The first kappa shape index (κ1) is 22.2. The molecule has 0 amide bonds. The van der Waals surface area contributed by atoms with Crippen molar-refractivity contribution in [3.05, 3.63) is 75.8 Å². The summed E-state index contributed by atoms with van der Waals surface area (Å²) in [5, 5.41) is 11.8. The molecule has 0 spiro atoms. The molecular weight excluding hydrogens is 448 g/mol. The van der Waals surface area contributed by atoms with Crippen LogP contribution >= 0.6 is 11.6 Å². The monoisotopic (exact) mass is 464 g/mol. The average Bonchev–Trinajstić information content (AvgIpc) is 2.74. The van der Waals surface area contributed by atoms with Crippen LogP contribution in [0, 0.1) is 10.1 Å². The summed E-state index contributed by atoms with van der Waals surface area (Å²) in [6.45, 7) is 0. The molecule has 3 rings (SSSR count). The van der Waals surface area contributed by atoms with E-state index in [1.54, 1.807) is 24.3 Å². The predicted molar refractivity (Wildman–Crippen MR) is 115 cm³/mol. The highest BCUT2D eigenvalue weighted by Gasteiger charge is 2.20. The van der Waals surface area contributed by atoms with Crippen molar-refractivity contribution < 1.29 is 27.6 Å². The van der Waals surface area contributed by atoms with E-state index in [2.05, 4.69) is 4.72 Å². The van der Waals surface area contributed by atoms with Gasteiger partial charge in [0.1, 0.15) is 11.5 Å². The first-order chi connectivity index (χ1) is 14.7. The molecule has 0 aliphatic heterocycles. The molecule has 0 unspecified atom stereocenters. The summed E-state index contributed by atoms with van der Waals surface area (Å²) >= 11 is 5.84. The lowest BCUT2D eigenvalue weighted by Gasteiger charge is -2.13. The third-order valence-corrected chi connectivity index (χ3v) is 5.70. The van der Waals surface area contributed by atoms with Gasteiger partial charge in [-0.2, -0.15) is 0 Å². The topological polar surface area (TPSA) is 117 Å². The maximum atomic E-state index is 12.8. The standard InChI is InChI=1S/C20H17ClN2O7S/c1-28-19-8-7-18(12-20(19)29-2)31(26,27)22-14-9-15(23(24)25)11-17(10-14)30-16-5-3-13(21)4-6-16/h3-12,22H,1-2H3. The molecule has 0 aliphatic carbocycles. The van der Waals surface area contributed by atoms with E-state index in [9.17, 15) is 18.5 Å². The maximum absolute atomic E-state index is 12.8. The Bertz CT molecular complexity index is 1210. The number of sulfonamides is 1. The van der Waals surface area contributed by atoms with Crippen LogP contribution in [0.4, 0.5) is 11.4 Å². The number of hydrogen-bond acceptors (Lipinski definition) is 7. The molecule has 9 nitrogen and oxygen atoms in total. The van der Waals surface area contributed by atoms with Gasteiger partial charge < -0.3 is 14.2 Å². The Labute approximate surface area is 183 Å². The van der Waals surface area contributed by atoms with Crippen molar-refractivity contribution in [3.63, 3.8) is 0 Å². The van der Waals surface area contributed by atoms with Crippen molar-refractivity contribution >= 4 is 33.0 Å². The van der Waals surface area contributed by atoms with Crippen LogP contribution in [0.1, 0.15) is 0 Å². The molecule has 3 aromatic rings. The third-order valence-electron chi connectivity index (χ3n) is 4.07. The lowest BCUT2D eigenvalue weighted by Crippen LogP contribution is -2.13. The van der Waals surface area contributed by atoms with Gasteiger partial charge in [0, 0.05) is 23.2 Å². The zero-order valence-corrected chi connectivity index (χ0v) is 17.9. The Balaban J connectivity index is 1.95. The number of ether oxygens (including phenoxy) is 3. The Hall–Kier alpha value is -3.50. The second kappa shape index (κ2) is 9.11. The van der Waals surface area contributed by atoms with E-state index < -0.39 is 14.9 Å². The number of hydrogen-bond donors (Lipinski definition) is 1. The second-order valence-electron chi connectivity index (χ2n) is 6.15. The molecular formula is C20H17ClN2O7S. The number of nitrogens with one attached hydrogen (secondary N) is 1. The first-order valence-electron chi connectivity index (χ1n) is 8.69. The fourth-order valence-corrected chi connectivity index (χ4v) is 3.82. The van der Waals surface area contributed by atoms with Crippen LogP contribution in [0.2, 0.25) is 5.02 Å². The predicted octanol–water partition coefficient (Wildman–Crippen LogP) is 4.86. The van der Waals surface area contributed by atoms with Gasteiger partial charge in [-0.1, -0.05) is 11.6 Å². The van der Waals surface area contributed by atoms with Gasteiger partial charge >= 0.3 is 0 Å². The summed E-state index contributed by atoms with van der Waals surface area (Å²) in [4.78, 5) is 10.6.